The lowest BCUT2D eigenvalue weighted by Crippen LogP contribution is -2.37. The average molecular weight is 355 g/mol. The molecule has 0 radical (unpaired) electrons. The summed E-state index contributed by atoms with van der Waals surface area (Å²) in [5, 5.41) is 3.59. The Morgan fingerprint density at radius 1 is 1.43 bits per heavy atom. The van der Waals surface area contributed by atoms with Crippen molar-refractivity contribution in [3.8, 4) is 5.75 Å². The number of rotatable bonds is 7. The minimum absolute atomic E-state index is 0.202. The van der Waals surface area contributed by atoms with E-state index in [0.29, 0.717) is 6.04 Å². The predicted octanol–water partition coefficient (Wildman–Crippen LogP) is 3.81. The van der Waals surface area contributed by atoms with Gasteiger partial charge in [-0.2, -0.15) is 0 Å². The molecule has 0 amide bonds. The molecule has 1 aromatic carbocycles. The van der Waals surface area contributed by atoms with Crippen LogP contribution < -0.4 is 10.1 Å². The van der Waals surface area contributed by atoms with Crippen LogP contribution in [0.15, 0.2) is 22.7 Å². The highest BCUT2D eigenvalue weighted by Crippen LogP contribution is 2.27. The SMILES string of the molecule is CCN1CCCC1CNCc1ccc(OC(C)C)c(Br)c1. The largest absolute Gasteiger partial charge is 0.490 e. The van der Waals surface area contributed by atoms with Crippen molar-refractivity contribution >= 4 is 15.9 Å². The molecule has 0 spiro atoms. The van der Waals surface area contributed by atoms with E-state index in [1.54, 1.807) is 0 Å². The maximum atomic E-state index is 5.74. The fourth-order valence-corrected chi connectivity index (χ4v) is 3.45. The number of nitrogens with zero attached hydrogens (tertiary/aromatic N) is 1. The number of hydrogen-bond donors (Lipinski definition) is 1. The first-order valence-electron chi connectivity index (χ1n) is 8.00. The molecule has 0 bridgehead atoms. The van der Waals surface area contributed by atoms with Crippen molar-refractivity contribution in [2.45, 2.75) is 52.3 Å². The maximum Gasteiger partial charge on any atom is 0.133 e. The molecule has 4 heteroatoms. The normalized spacial score (nSPS) is 19.4. The van der Waals surface area contributed by atoms with E-state index in [0.717, 1.165) is 23.3 Å². The van der Waals surface area contributed by atoms with Gasteiger partial charge in [-0.25, -0.2) is 0 Å². The van der Waals surface area contributed by atoms with Crippen LogP contribution in [-0.2, 0) is 6.54 Å². The van der Waals surface area contributed by atoms with Gasteiger partial charge in [0, 0.05) is 19.1 Å². The standard InChI is InChI=1S/C17H27BrN2O/c1-4-20-9-5-6-15(20)12-19-11-14-7-8-17(16(18)10-14)21-13(2)3/h7-8,10,13,15,19H,4-6,9,11-12H2,1-3H3. The van der Waals surface area contributed by atoms with Crippen LogP contribution in [0.3, 0.4) is 0 Å². The Morgan fingerprint density at radius 2 is 2.24 bits per heavy atom. The molecular formula is C17H27BrN2O. The predicted molar refractivity (Wildman–Crippen MR) is 91.9 cm³/mol. The Kier molecular flexibility index (Phi) is 6.52. The summed E-state index contributed by atoms with van der Waals surface area (Å²) < 4.78 is 6.77. The summed E-state index contributed by atoms with van der Waals surface area (Å²) in [5.41, 5.74) is 1.29. The zero-order valence-electron chi connectivity index (χ0n) is 13.4. The summed E-state index contributed by atoms with van der Waals surface area (Å²) in [6, 6.07) is 7.05. The Labute approximate surface area is 137 Å². The Morgan fingerprint density at radius 3 is 2.90 bits per heavy atom. The van der Waals surface area contributed by atoms with Gasteiger partial charge in [0.25, 0.3) is 0 Å². The van der Waals surface area contributed by atoms with E-state index in [1.807, 2.05) is 13.8 Å². The Hall–Kier alpha value is -0.580. The van der Waals surface area contributed by atoms with Crippen LogP contribution in [0, 0.1) is 0 Å². The second-order valence-corrected chi connectivity index (χ2v) is 6.84. The molecule has 2 rings (SSSR count). The molecule has 1 atom stereocenters. The van der Waals surface area contributed by atoms with Gasteiger partial charge in [0.1, 0.15) is 5.75 Å². The van der Waals surface area contributed by atoms with Gasteiger partial charge in [-0.15, -0.1) is 0 Å². The number of hydrogen-bond acceptors (Lipinski definition) is 3. The van der Waals surface area contributed by atoms with Gasteiger partial charge in [-0.1, -0.05) is 13.0 Å². The molecule has 1 aliphatic rings. The molecule has 3 nitrogen and oxygen atoms in total. The summed E-state index contributed by atoms with van der Waals surface area (Å²) in [6.07, 6.45) is 2.87. The Bertz CT molecular complexity index is 450. The third kappa shape index (κ3) is 4.97. The van der Waals surface area contributed by atoms with Crippen molar-refractivity contribution in [1.82, 2.24) is 10.2 Å². The molecule has 1 aromatic rings. The van der Waals surface area contributed by atoms with Crippen LogP contribution in [0.25, 0.3) is 0 Å². The van der Waals surface area contributed by atoms with Crippen molar-refractivity contribution < 1.29 is 4.74 Å². The number of benzene rings is 1. The average Bonchev–Trinajstić information content (AvgIpc) is 2.89. The quantitative estimate of drug-likeness (QED) is 0.805. The Balaban J connectivity index is 1.82. The van der Waals surface area contributed by atoms with Gasteiger partial charge in [-0.05, 0) is 73.4 Å². The summed E-state index contributed by atoms with van der Waals surface area (Å²) in [6.45, 7) is 10.8. The zero-order chi connectivity index (χ0) is 15.2. The molecule has 21 heavy (non-hydrogen) atoms. The first-order chi connectivity index (χ1) is 10.1. The van der Waals surface area contributed by atoms with Crippen LogP contribution in [0.4, 0.5) is 0 Å². The summed E-state index contributed by atoms with van der Waals surface area (Å²) in [5.74, 6) is 0.918. The third-order valence-corrected chi connectivity index (χ3v) is 4.59. The summed E-state index contributed by atoms with van der Waals surface area (Å²) >= 11 is 3.59. The maximum absolute atomic E-state index is 5.74. The molecule has 1 aliphatic heterocycles. The van der Waals surface area contributed by atoms with Crippen LogP contribution in [0.5, 0.6) is 5.75 Å². The van der Waals surface area contributed by atoms with Crippen molar-refractivity contribution in [2.75, 3.05) is 19.6 Å². The van der Waals surface area contributed by atoms with Gasteiger partial charge in [0.15, 0.2) is 0 Å². The van der Waals surface area contributed by atoms with Gasteiger partial charge in [0.05, 0.1) is 10.6 Å². The van der Waals surface area contributed by atoms with Gasteiger partial charge in [-0.3, -0.25) is 4.90 Å². The first-order valence-corrected chi connectivity index (χ1v) is 8.79. The molecular weight excluding hydrogens is 328 g/mol. The van der Waals surface area contributed by atoms with E-state index in [4.69, 9.17) is 4.74 Å². The van der Waals surface area contributed by atoms with Crippen molar-refractivity contribution in [3.63, 3.8) is 0 Å². The van der Waals surface area contributed by atoms with E-state index >= 15 is 0 Å². The lowest BCUT2D eigenvalue weighted by molar-refractivity contribution is 0.240. The first kappa shape index (κ1) is 16.8. The summed E-state index contributed by atoms with van der Waals surface area (Å²) in [4.78, 5) is 2.57. The number of ether oxygens (including phenoxy) is 1. The highest BCUT2D eigenvalue weighted by atomic mass is 79.9. The molecule has 0 aromatic heterocycles. The lowest BCUT2D eigenvalue weighted by atomic mass is 10.2. The minimum atomic E-state index is 0.202. The molecule has 0 aliphatic carbocycles. The number of halogens is 1. The fraction of sp³-hybridized carbons (Fsp3) is 0.647. The molecule has 118 valence electrons. The van der Waals surface area contributed by atoms with Gasteiger partial charge in [0.2, 0.25) is 0 Å². The molecule has 1 N–H and O–H groups in total. The second-order valence-electron chi connectivity index (χ2n) is 5.99. The lowest BCUT2D eigenvalue weighted by Gasteiger charge is -2.23. The smallest absolute Gasteiger partial charge is 0.133 e. The highest BCUT2D eigenvalue weighted by Gasteiger charge is 2.22. The molecule has 0 saturated carbocycles. The highest BCUT2D eigenvalue weighted by molar-refractivity contribution is 9.10. The van der Waals surface area contributed by atoms with Crippen LogP contribution in [-0.4, -0.2) is 36.7 Å². The second kappa shape index (κ2) is 8.16. The molecule has 1 heterocycles. The zero-order valence-corrected chi connectivity index (χ0v) is 14.9. The van der Waals surface area contributed by atoms with E-state index < -0.39 is 0 Å². The van der Waals surface area contributed by atoms with Crippen LogP contribution in [0.2, 0.25) is 0 Å². The molecule has 1 unspecified atom stereocenters. The molecule has 1 fully saturated rings. The number of likely N-dealkylation sites (tertiary alicyclic amines) is 1. The monoisotopic (exact) mass is 354 g/mol. The summed E-state index contributed by atoms with van der Waals surface area (Å²) in [7, 11) is 0. The van der Waals surface area contributed by atoms with Crippen LogP contribution >= 0.6 is 15.9 Å². The van der Waals surface area contributed by atoms with Crippen molar-refractivity contribution in [1.29, 1.82) is 0 Å². The minimum Gasteiger partial charge on any atom is -0.490 e. The van der Waals surface area contributed by atoms with Crippen molar-refractivity contribution in [2.24, 2.45) is 0 Å². The number of likely N-dealkylation sites (N-methyl/N-ethyl adjacent to an activating group) is 1. The van der Waals surface area contributed by atoms with E-state index in [9.17, 15) is 0 Å². The third-order valence-electron chi connectivity index (χ3n) is 3.97. The van der Waals surface area contributed by atoms with Crippen LogP contribution in [0.1, 0.15) is 39.2 Å². The van der Waals surface area contributed by atoms with E-state index in [2.05, 4.69) is 51.3 Å². The fourth-order valence-electron chi connectivity index (χ4n) is 2.93. The van der Waals surface area contributed by atoms with Crippen molar-refractivity contribution in [3.05, 3.63) is 28.2 Å². The number of nitrogens with one attached hydrogen (secondary N) is 1. The molecule has 1 saturated heterocycles. The topological polar surface area (TPSA) is 24.5 Å². The van der Waals surface area contributed by atoms with Gasteiger partial charge < -0.3 is 10.1 Å². The van der Waals surface area contributed by atoms with Gasteiger partial charge >= 0.3 is 0 Å². The van der Waals surface area contributed by atoms with E-state index in [-0.39, 0.29) is 6.10 Å². The van der Waals surface area contributed by atoms with E-state index in [1.165, 1.54) is 31.5 Å².